The number of carbonyl (C=O) groups excluding carboxylic acids is 1. The van der Waals surface area contributed by atoms with Gasteiger partial charge in [-0.05, 0) is 62.3 Å². The van der Waals surface area contributed by atoms with Crippen molar-refractivity contribution >= 4 is 22.9 Å². The molecule has 2 fully saturated rings. The minimum atomic E-state index is -4.60. The van der Waals surface area contributed by atoms with Gasteiger partial charge in [-0.1, -0.05) is 6.92 Å². The van der Waals surface area contributed by atoms with Crippen LogP contribution in [0.15, 0.2) is 46.2 Å². The summed E-state index contributed by atoms with van der Waals surface area (Å²) >= 11 is 0. The van der Waals surface area contributed by atoms with E-state index in [1.54, 1.807) is 12.1 Å². The predicted molar refractivity (Wildman–Crippen MR) is 140 cm³/mol. The molecule has 4 aromatic rings. The van der Waals surface area contributed by atoms with Crippen molar-refractivity contribution in [3.63, 3.8) is 0 Å². The highest BCUT2D eigenvalue weighted by atomic mass is 19.4. The summed E-state index contributed by atoms with van der Waals surface area (Å²) in [6.07, 6.45) is 2.00. The number of fused-ring (bicyclic) bond motifs is 1. The average Bonchev–Trinajstić information content (AvgIpc) is 3.88. The number of amides is 1. The van der Waals surface area contributed by atoms with E-state index in [0.29, 0.717) is 36.7 Å². The number of aromatic amines is 1. The van der Waals surface area contributed by atoms with Crippen LogP contribution in [-0.4, -0.2) is 41.5 Å². The number of rotatable bonds is 8. The molecule has 1 N–H and O–H groups in total. The number of imidazole rings is 1. The number of aryl methyl sites for hydroxylation is 1. The van der Waals surface area contributed by atoms with Gasteiger partial charge in [-0.3, -0.25) is 28.6 Å². The largest absolute Gasteiger partial charge is 0.433 e. The van der Waals surface area contributed by atoms with Crippen molar-refractivity contribution in [3.05, 3.63) is 68.8 Å². The van der Waals surface area contributed by atoms with Crippen LogP contribution in [0, 0.1) is 5.92 Å². The SMILES string of the molecule is CCCn1c(=O)n(C2CC2)c(=O)c2[nH]c(-c3ccc(N(CC4CC4)C(=O)c4ccc(C(F)(F)F)nc4)nc3)nc21. The monoisotopic (exact) mass is 553 g/mol. The zero-order valence-corrected chi connectivity index (χ0v) is 21.6. The fourth-order valence-electron chi connectivity index (χ4n) is 4.72. The highest BCUT2D eigenvalue weighted by molar-refractivity contribution is 6.05. The standard InChI is InChI=1S/C27H26F3N7O3/c1-2-11-35-23-21(25(39)37(26(35)40)18-7-8-18)33-22(34-23)16-6-10-20(32-12-16)36(14-15-3-4-15)24(38)17-5-9-19(31-13-17)27(28,29)30/h5-6,9-10,12-13,15,18H,2-4,7-8,11,14H2,1H3,(H,33,34). The normalized spacial score (nSPS) is 15.5. The second kappa shape index (κ2) is 9.72. The summed E-state index contributed by atoms with van der Waals surface area (Å²) in [5.41, 5.74) is -0.725. The first-order valence-corrected chi connectivity index (χ1v) is 13.2. The summed E-state index contributed by atoms with van der Waals surface area (Å²) in [7, 11) is 0. The van der Waals surface area contributed by atoms with Crippen LogP contribution >= 0.6 is 0 Å². The second-order valence-electron chi connectivity index (χ2n) is 10.3. The van der Waals surface area contributed by atoms with Crippen LogP contribution in [0.3, 0.4) is 0 Å². The number of nitrogens with zero attached hydrogens (tertiary/aromatic N) is 6. The lowest BCUT2D eigenvalue weighted by atomic mass is 10.2. The van der Waals surface area contributed by atoms with Gasteiger partial charge in [0.25, 0.3) is 11.5 Å². The van der Waals surface area contributed by atoms with Crippen molar-refractivity contribution in [2.75, 3.05) is 11.4 Å². The van der Waals surface area contributed by atoms with E-state index in [4.69, 9.17) is 0 Å². The van der Waals surface area contributed by atoms with Crippen molar-refractivity contribution in [2.45, 2.75) is 57.8 Å². The highest BCUT2D eigenvalue weighted by Gasteiger charge is 2.34. The Bertz CT molecular complexity index is 1700. The Morgan fingerprint density at radius 1 is 1.07 bits per heavy atom. The Morgan fingerprint density at radius 2 is 1.85 bits per heavy atom. The smallest absolute Gasteiger partial charge is 0.332 e. The second-order valence-corrected chi connectivity index (χ2v) is 10.3. The molecule has 2 aliphatic carbocycles. The lowest BCUT2D eigenvalue weighted by Crippen LogP contribution is -2.39. The third kappa shape index (κ3) is 4.80. The Morgan fingerprint density at radius 3 is 2.42 bits per heavy atom. The molecule has 1 amide bonds. The van der Waals surface area contributed by atoms with Gasteiger partial charge >= 0.3 is 11.9 Å². The Kier molecular flexibility index (Phi) is 6.31. The molecule has 13 heteroatoms. The molecular weight excluding hydrogens is 527 g/mol. The van der Waals surface area contributed by atoms with E-state index in [0.717, 1.165) is 44.0 Å². The third-order valence-corrected chi connectivity index (χ3v) is 7.15. The van der Waals surface area contributed by atoms with Gasteiger partial charge in [0, 0.05) is 37.1 Å². The van der Waals surface area contributed by atoms with Gasteiger partial charge in [-0.25, -0.2) is 14.8 Å². The van der Waals surface area contributed by atoms with Gasteiger partial charge in [0.2, 0.25) is 0 Å². The highest BCUT2D eigenvalue weighted by Crippen LogP contribution is 2.34. The summed E-state index contributed by atoms with van der Waals surface area (Å²) in [4.78, 5) is 56.4. The van der Waals surface area contributed by atoms with Crippen LogP contribution in [0.1, 0.15) is 61.1 Å². The Labute approximate surface area is 225 Å². The van der Waals surface area contributed by atoms with E-state index in [1.807, 2.05) is 6.92 Å². The van der Waals surface area contributed by atoms with Crippen LogP contribution < -0.4 is 16.1 Å². The summed E-state index contributed by atoms with van der Waals surface area (Å²) in [5.74, 6) is 0.472. The summed E-state index contributed by atoms with van der Waals surface area (Å²) in [5, 5.41) is 0. The maximum absolute atomic E-state index is 13.3. The van der Waals surface area contributed by atoms with Crippen molar-refractivity contribution in [1.82, 2.24) is 29.1 Å². The molecule has 0 atom stereocenters. The Hall–Kier alpha value is -4.29. The molecule has 0 spiro atoms. The number of hydrogen-bond donors (Lipinski definition) is 1. The molecule has 40 heavy (non-hydrogen) atoms. The number of H-pyrrole nitrogens is 1. The van der Waals surface area contributed by atoms with Gasteiger partial charge in [0.05, 0.1) is 5.56 Å². The lowest BCUT2D eigenvalue weighted by molar-refractivity contribution is -0.141. The van der Waals surface area contributed by atoms with Crippen molar-refractivity contribution in [2.24, 2.45) is 5.92 Å². The number of pyridine rings is 2. The number of anilines is 1. The topological polar surface area (TPSA) is 119 Å². The molecular formula is C27H26F3N7O3. The quantitative estimate of drug-likeness (QED) is 0.350. The molecule has 2 aliphatic rings. The van der Waals surface area contributed by atoms with Crippen LogP contribution in [0.2, 0.25) is 0 Å². The number of halogens is 3. The summed E-state index contributed by atoms with van der Waals surface area (Å²) in [6, 6.07) is 5.14. The Balaban J connectivity index is 1.33. The number of carbonyl (C=O) groups is 1. The first-order valence-electron chi connectivity index (χ1n) is 13.2. The molecule has 4 aromatic heterocycles. The molecule has 10 nitrogen and oxygen atoms in total. The van der Waals surface area contributed by atoms with Crippen molar-refractivity contribution in [3.8, 4) is 11.4 Å². The maximum Gasteiger partial charge on any atom is 0.433 e. The molecule has 0 radical (unpaired) electrons. The third-order valence-electron chi connectivity index (χ3n) is 7.15. The fraction of sp³-hybridized carbons (Fsp3) is 0.407. The molecule has 0 saturated heterocycles. The average molecular weight is 554 g/mol. The number of alkyl halides is 3. The van der Waals surface area contributed by atoms with Crippen LogP contribution in [0.5, 0.6) is 0 Å². The van der Waals surface area contributed by atoms with E-state index < -0.39 is 23.3 Å². The van der Waals surface area contributed by atoms with Gasteiger partial charge in [-0.15, -0.1) is 0 Å². The molecule has 0 unspecified atom stereocenters. The number of aromatic nitrogens is 6. The van der Waals surface area contributed by atoms with Crippen LogP contribution in [0.25, 0.3) is 22.6 Å². The van der Waals surface area contributed by atoms with E-state index in [2.05, 4.69) is 19.9 Å². The minimum Gasteiger partial charge on any atom is -0.332 e. The van der Waals surface area contributed by atoms with Gasteiger partial charge in [0.15, 0.2) is 5.65 Å². The van der Waals surface area contributed by atoms with Gasteiger partial charge in [0.1, 0.15) is 22.9 Å². The zero-order chi connectivity index (χ0) is 28.2. The van der Waals surface area contributed by atoms with Crippen LogP contribution in [0.4, 0.5) is 19.0 Å². The molecule has 0 aliphatic heterocycles. The van der Waals surface area contributed by atoms with Gasteiger partial charge < -0.3 is 4.98 Å². The first-order chi connectivity index (χ1) is 19.2. The predicted octanol–water partition coefficient (Wildman–Crippen LogP) is 4.16. The summed E-state index contributed by atoms with van der Waals surface area (Å²) < 4.78 is 41.6. The van der Waals surface area contributed by atoms with E-state index in [1.165, 1.54) is 20.2 Å². The first kappa shape index (κ1) is 26.0. The molecule has 0 aromatic carbocycles. The minimum absolute atomic E-state index is 0.0256. The maximum atomic E-state index is 13.3. The number of hydrogen-bond acceptors (Lipinski definition) is 6. The van der Waals surface area contributed by atoms with E-state index in [-0.39, 0.29) is 34.4 Å². The molecule has 208 valence electrons. The molecule has 2 saturated carbocycles. The molecule has 6 rings (SSSR count). The van der Waals surface area contributed by atoms with Crippen molar-refractivity contribution < 1.29 is 18.0 Å². The zero-order valence-electron chi connectivity index (χ0n) is 21.6. The molecule has 0 bridgehead atoms. The van der Waals surface area contributed by atoms with E-state index >= 15 is 0 Å². The lowest BCUT2D eigenvalue weighted by Gasteiger charge is -2.22. The number of nitrogens with one attached hydrogen (secondary N) is 1. The fourth-order valence-corrected chi connectivity index (χ4v) is 4.72. The van der Waals surface area contributed by atoms with Crippen molar-refractivity contribution in [1.29, 1.82) is 0 Å². The van der Waals surface area contributed by atoms with Crippen LogP contribution in [-0.2, 0) is 12.7 Å². The molecule has 4 heterocycles. The summed E-state index contributed by atoms with van der Waals surface area (Å²) in [6.45, 7) is 2.73. The van der Waals surface area contributed by atoms with Gasteiger partial charge in [-0.2, -0.15) is 13.2 Å². The van der Waals surface area contributed by atoms with E-state index in [9.17, 15) is 27.6 Å².